The number of hydrogen-bond donors (Lipinski definition) is 2. The van der Waals surface area contributed by atoms with E-state index in [2.05, 4.69) is 9.71 Å². The third-order valence-corrected chi connectivity index (χ3v) is 5.29. The summed E-state index contributed by atoms with van der Waals surface area (Å²) >= 11 is 0. The van der Waals surface area contributed by atoms with E-state index in [1.165, 1.54) is 16.8 Å². The number of sulfonamides is 1. The van der Waals surface area contributed by atoms with E-state index in [4.69, 9.17) is 4.74 Å². The van der Waals surface area contributed by atoms with Crippen molar-refractivity contribution < 1.29 is 13.2 Å². The molecule has 8 nitrogen and oxygen atoms in total. The van der Waals surface area contributed by atoms with Crippen molar-refractivity contribution in [3.63, 3.8) is 0 Å². The Morgan fingerprint density at radius 2 is 1.68 bits per heavy atom. The van der Waals surface area contributed by atoms with E-state index in [9.17, 15) is 18.0 Å². The summed E-state index contributed by atoms with van der Waals surface area (Å²) < 4.78 is 32.5. The van der Waals surface area contributed by atoms with Gasteiger partial charge in [0.1, 0.15) is 5.75 Å². The van der Waals surface area contributed by atoms with Crippen molar-refractivity contribution in [2.75, 3.05) is 18.1 Å². The van der Waals surface area contributed by atoms with E-state index in [0.29, 0.717) is 17.1 Å². The molecule has 9 heteroatoms. The molecule has 0 saturated carbocycles. The number of hydrogen-bond acceptors (Lipinski definition) is 5. The van der Waals surface area contributed by atoms with Crippen LogP contribution in [0.1, 0.15) is 26.3 Å². The van der Waals surface area contributed by atoms with Crippen molar-refractivity contribution in [1.29, 1.82) is 0 Å². The van der Waals surface area contributed by atoms with Crippen LogP contribution in [0.5, 0.6) is 5.75 Å². The summed E-state index contributed by atoms with van der Waals surface area (Å²) in [6.45, 7) is 6.10. The van der Waals surface area contributed by atoms with Gasteiger partial charge in [-0.1, -0.05) is 32.9 Å². The Balaban J connectivity index is 2.25. The zero-order chi connectivity index (χ0) is 23.0. The van der Waals surface area contributed by atoms with Crippen LogP contribution in [0.25, 0.3) is 16.8 Å². The van der Waals surface area contributed by atoms with Crippen molar-refractivity contribution in [2.24, 2.45) is 0 Å². The molecule has 0 aliphatic carbocycles. The Labute approximate surface area is 180 Å². The zero-order valence-electron chi connectivity index (χ0n) is 18.0. The minimum atomic E-state index is -3.39. The minimum Gasteiger partial charge on any atom is -0.496 e. The fraction of sp³-hybridized carbons (Fsp3) is 0.273. The van der Waals surface area contributed by atoms with Crippen LogP contribution in [-0.4, -0.2) is 31.3 Å². The van der Waals surface area contributed by atoms with E-state index in [1.807, 2.05) is 26.8 Å². The average molecular weight is 444 g/mol. The Morgan fingerprint density at radius 1 is 1.03 bits per heavy atom. The second-order valence-electron chi connectivity index (χ2n) is 8.26. The average Bonchev–Trinajstić information content (AvgIpc) is 2.65. The van der Waals surface area contributed by atoms with Crippen LogP contribution >= 0.6 is 0 Å². The minimum absolute atomic E-state index is 0.306. The van der Waals surface area contributed by atoms with Crippen LogP contribution in [-0.2, 0) is 15.4 Å². The molecule has 3 aromatic rings. The molecule has 0 fully saturated rings. The molecule has 1 heterocycles. The monoisotopic (exact) mass is 443 g/mol. The molecule has 0 bridgehead atoms. The molecule has 164 valence electrons. The number of aromatic nitrogens is 2. The number of benzene rings is 2. The summed E-state index contributed by atoms with van der Waals surface area (Å²) in [4.78, 5) is 26.1. The van der Waals surface area contributed by atoms with Crippen LogP contribution in [0.3, 0.4) is 0 Å². The van der Waals surface area contributed by atoms with Crippen LogP contribution in [0.2, 0.25) is 0 Å². The molecular weight excluding hydrogens is 418 g/mol. The van der Waals surface area contributed by atoms with Gasteiger partial charge in [0.2, 0.25) is 10.0 Å². The van der Waals surface area contributed by atoms with Crippen LogP contribution in [0.4, 0.5) is 5.69 Å². The Bertz CT molecular complexity index is 1330. The van der Waals surface area contributed by atoms with Gasteiger partial charge in [-0.3, -0.25) is 19.1 Å². The molecule has 0 radical (unpaired) electrons. The summed E-state index contributed by atoms with van der Waals surface area (Å²) in [5.74, 6) is 0.651. The molecule has 0 amide bonds. The lowest BCUT2D eigenvalue weighted by molar-refractivity contribution is 0.399. The molecule has 0 unspecified atom stereocenters. The standard InChI is InChI=1S/C22H25N3O5S/c1-22(2,3)18-13-16(25-11-10-19(26)23-21(25)27)12-17(20(18)30-4)14-6-8-15(9-7-14)24-31(5,28)29/h6-13,24H,1-5H3,(H,23,26,27). The lowest BCUT2D eigenvalue weighted by Gasteiger charge is -2.25. The van der Waals surface area contributed by atoms with Gasteiger partial charge >= 0.3 is 5.69 Å². The molecule has 0 aliphatic heterocycles. The molecule has 3 rings (SSSR count). The predicted octanol–water partition coefficient (Wildman–Crippen LogP) is 2.87. The third kappa shape index (κ3) is 5.05. The molecule has 1 aromatic heterocycles. The fourth-order valence-corrected chi connectivity index (χ4v) is 3.86. The van der Waals surface area contributed by atoms with Crippen LogP contribution in [0.15, 0.2) is 58.3 Å². The quantitative estimate of drug-likeness (QED) is 0.630. The number of nitrogens with one attached hydrogen (secondary N) is 2. The molecule has 0 atom stereocenters. The molecule has 0 spiro atoms. The largest absolute Gasteiger partial charge is 0.496 e. The highest BCUT2D eigenvalue weighted by Crippen LogP contribution is 2.41. The molecule has 2 aromatic carbocycles. The van der Waals surface area contributed by atoms with Gasteiger partial charge in [-0.15, -0.1) is 0 Å². The molecule has 31 heavy (non-hydrogen) atoms. The summed E-state index contributed by atoms with van der Waals surface area (Å²) in [7, 11) is -1.80. The number of anilines is 1. The predicted molar refractivity (Wildman–Crippen MR) is 122 cm³/mol. The number of H-pyrrole nitrogens is 1. The SMILES string of the molecule is COc1c(-c2ccc(NS(C)(=O)=O)cc2)cc(-n2ccc(=O)[nH]c2=O)cc1C(C)(C)C. The lowest BCUT2D eigenvalue weighted by Crippen LogP contribution is -2.27. The van der Waals surface area contributed by atoms with E-state index in [0.717, 1.165) is 22.9 Å². The van der Waals surface area contributed by atoms with Crippen LogP contribution < -0.4 is 20.7 Å². The van der Waals surface area contributed by atoms with E-state index in [-0.39, 0.29) is 5.41 Å². The van der Waals surface area contributed by atoms with E-state index >= 15 is 0 Å². The van der Waals surface area contributed by atoms with Crippen molar-refractivity contribution in [3.05, 3.63) is 75.1 Å². The van der Waals surface area contributed by atoms with Crippen molar-refractivity contribution >= 4 is 15.7 Å². The smallest absolute Gasteiger partial charge is 0.332 e. The maximum Gasteiger partial charge on any atom is 0.332 e. The van der Waals surface area contributed by atoms with Crippen LogP contribution in [0, 0.1) is 0 Å². The normalized spacial score (nSPS) is 11.9. The molecule has 2 N–H and O–H groups in total. The molecular formula is C22H25N3O5S. The van der Waals surface area contributed by atoms with Gasteiger partial charge in [-0.25, -0.2) is 13.2 Å². The highest BCUT2D eigenvalue weighted by atomic mass is 32.2. The van der Waals surface area contributed by atoms with Gasteiger partial charge in [-0.05, 0) is 35.2 Å². The van der Waals surface area contributed by atoms with Gasteiger partial charge < -0.3 is 4.74 Å². The first-order valence-electron chi connectivity index (χ1n) is 9.52. The van der Waals surface area contributed by atoms with Gasteiger partial charge in [0.05, 0.1) is 19.1 Å². The maximum atomic E-state index is 12.4. The second kappa shape index (κ2) is 8.07. The van der Waals surface area contributed by atoms with Gasteiger partial charge in [0.15, 0.2) is 0 Å². The van der Waals surface area contributed by atoms with Crippen molar-refractivity contribution in [3.8, 4) is 22.6 Å². The third-order valence-electron chi connectivity index (χ3n) is 4.69. The van der Waals surface area contributed by atoms with Gasteiger partial charge in [-0.2, -0.15) is 0 Å². The number of nitrogens with zero attached hydrogens (tertiary/aromatic N) is 1. The first kappa shape index (κ1) is 22.4. The first-order chi connectivity index (χ1) is 14.4. The zero-order valence-corrected chi connectivity index (χ0v) is 18.8. The summed E-state index contributed by atoms with van der Waals surface area (Å²) in [6, 6.07) is 11.8. The van der Waals surface area contributed by atoms with Crippen molar-refractivity contribution in [1.82, 2.24) is 9.55 Å². The highest BCUT2D eigenvalue weighted by molar-refractivity contribution is 7.92. The highest BCUT2D eigenvalue weighted by Gasteiger charge is 2.24. The number of aromatic amines is 1. The maximum absolute atomic E-state index is 12.4. The fourth-order valence-electron chi connectivity index (χ4n) is 3.30. The summed E-state index contributed by atoms with van der Waals surface area (Å²) in [5.41, 5.74) is 2.07. The lowest BCUT2D eigenvalue weighted by atomic mass is 9.83. The molecule has 0 saturated heterocycles. The Morgan fingerprint density at radius 3 is 2.19 bits per heavy atom. The first-order valence-corrected chi connectivity index (χ1v) is 11.4. The van der Waals surface area contributed by atoms with E-state index in [1.54, 1.807) is 37.4 Å². The summed E-state index contributed by atoms with van der Waals surface area (Å²) in [6.07, 6.45) is 2.52. The molecule has 0 aliphatic rings. The number of rotatable bonds is 5. The summed E-state index contributed by atoms with van der Waals surface area (Å²) in [5, 5.41) is 0. The van der Waals surface area contributed by atoms with Crippen molar-refractivity contribution in [2.45, 2.75) is 26.2 Å². The van der Waals surface area contributed by atoms with Gasteiger partial charge in [0.25, 0.3) is 5.56 Å². The second-order valence-corrected chi connectivity index (χ2v) is 10.0. The topological polar surface area (TPSA) is 110 Å². The Hall–Kier alpha value is -3.33. The van der Waals surface area contributed by atoms with Gasteiger partial charge in [0, 0.05) is 29.1 Å². The Kier molecular flexibility index (Phi) is 5.82. The van der Waals surface area contributed by atoms with E-state index < -0.39 is 21.3 Å². The number of ether oxygens (including phenoxy) is 1. The number of methoxy groups -OCH3 is 1.